The molecular formula is C20H15FN2O2. The van der Waals surface area contributed by atoms with Crippen LogP contribution < -0.4 is 0 Å². The number of halogens is 1. The highest BCUT2D eigenvalue weighted by Crippen LogP contribution is 2.30. The number of aromatic nitrogens is 1. The smallest absolute Gasteiger partial charge is 0.190 e. The van der Waals surface area contributed by atoms with Crippen LogP contribution in [0.3, 0.4) is 0 Å². The van der Waals surface area contributed by atoms with Gasteiger partial charge in [0.15, 0.2) is 23.1 Å². The Hall–Kier alpha value is -3.13. The Morgan fingerprint density at radius 3 is 2.28 bits per heavy atom. The van der Waals surface area contributed by atoms with E-state index < -0.39 is 5.82 Å². The van der Waals surface area contributed by atoms with Gasteiger partial charge >= 0.3 is 0 Å². The minimum absolute atomic E-state index is 0.100. The molecule has 0 fully saturated rings. The van der Waals surface area contributed by atoms with Crippen molar-refractivity contribution in [3.05, 3.63) is 75.9 Å². The summed E-state index contributed by atoms with van der Waals surface area (Å²) in [6.45, 7) is 1.94. The number of ketones is 2. The molecule has 0 saturated heterocycles. The van der Waals surface area contributed by atoms with Crippen LogP contribution in [-0.2, 0) is 6.42 Å². The monoisotopic (exact) mass is 334 g/mol. The van der Waals surface area contributed by atoms with Gasteiger partial charge in [-0.1, -0.05) is 37.6 Å². The van der Waals surface area contributed by atoms with Gasteiger partial charge in [-0.05, 0) is 18.6 Å². The number of hydrogen-bond acceptors (Lipinski definition) is 4. The van der Waals surface area contributed by atoms with E-state index in [1.54, 1.807) is 30.3 Å². The fourth-order valence-corrected chi connectivity index (χ4v) is 3.02. The SMILES string of the molecule is CCCC1=C(Cc2ccc(F)c(C#N)n2)C(=O)c2ccccc2C1=O. The number of nitrogens with zero attached hydrogens (tertiary/aromatic N) is 2. The van der Waals surface area contributed by atoms with E-state index in [0.29, 0.717) is 34.4 Å². The van der Waals surface area contributed by atoms with Crippen molar-refractivity contribution < 1.29 is 14.0 Å². The molecule has 0 atom stereocenters. The molecule has 5 heteroatoms. The lowest BCUT2D eigenvalue weighted by Gasteiger charge is -2.21. The molecule has 0 saturated carbocycles. The average molecular weight is 334 g/mol. The van der Waals surface area contributed by atoms with Gasteiger partial charge in [-0.2, -0.15) is 5.26 Å². The van der Waals surface area contributed by atoms with Crippen LogP contribution in [0.2, 0.25) is 0 Å². The summed E-state index contributed by atoms with van der Waals surface area (Å²) in [6.07, 6.45) is 1.31. The van der Waals surface area contributed by atoms with Crippen molar-refractivity contribution in [3.63, 3.8) is 0 Å². The highest BCUT2D eigenvalue weighted by atomic mass is 19.1. The number of benzene rings is 1. The maximum absolute atomic E-state index is 13.5. The van der Waals surface area contributed by atoms with Crippen LogP contribution in [0.5, 0.6) is 0 Å². The molecule has 25 heavy (non-hydrogen) atoms. The highest BCUT2D eigenvalue weighted by molar-refractivity contribution is 6.27. The van der Waals surface area contributed by atoms with Gasteiger partial charge in [-0.25, -0.2) is 9.37 Å². The maximum Gasteiger partial charge on any atom is 0.190 e. The minimum atomic E-state index is -0.703. The van der Waals surface area contributed by atoms with Crippen LogP contribution in [-0.4, -0.2) is 16.6 Å². The van der Waals surface area contributed by atoms with Gasteiger partial charge in [0.2, 0.25) is 0 Å². The number of fused-ring (bicyclic) bond motifs is 1. The van der Waals surface area contributed by atoms with E-state index in [1.165, 1.54) is 6.07 Å². The number of hydrogen-bond donors (Lipinski definition) is 0. The maximum atomic E-state index is 13.5. The van der Waals surface area contributed by atoms with Gasteiger partial charge in [0.1, 0.15) is 6.07 Å². The molecule has 1 aliphatic rings. The second-order valence-electron chi connectivity index (χ2n) is 5.83. The highest BCUT2D eigenvalue weighted by Gasteiger charge is 2.31. The van der Waals surface area contributed by atoms with Gasteiger partial charge < -0.3 is 0 Å². The molecule has 0 bridgehead atoms. The van der Waals surface area contributed by atoms with E-state index in [1.807, 2.05) is 6.92 Å². The molecule has 1 aromatic carbocycles. The van der Waals surface area contributed by atoms with Crippen LogP contribution in [0.1, 0.15) is 51.9 Å². The second kappa shape index (κ2) is 6.78. The van der Waals surface area contributed by atoms with Crippen molar-refractivity contribution in [1.29, 1.82) is 5.26 Å². The predicted octanol–water partition coefficient (Wildman–Crippen LogP) is 3.81. The zero-order chi connectivity index (χ0) is 18.0. The summed E-state index contributed by atoms with van der Waals surface area (Å²) in [6, 6.07) is 11.0. The minimum Gasteiger partial charge on any atom is -0.289 e. The average Bonchev–Trinajstić information content (AvgIpc) is 2.64. The molecule has 1 aliphatic carbocycles. The van der Waals surface area contributed by atoms with Crippen LogP contribution in [0.15, 0.2) is 47.5 Å². The summed E-state index contributed by atoms with van der Waals surface area (Å²) >= 11 is 0. The van der Waals surface area contributed by atoms with Crippen molar-refractivity contribution >= 4 is 11.6 Å². The first-order valence-corrected chi connectivity index (χ1v) is 8.02. The predicted molar refractivity (Wildman–Crippen MR) is 89.7 cm³/mol. The Balaban J connectivity index is 2.08. The number of Topliss-reactive ketones (excluding diaryl/α,β-unsaturated/α-hetero) is 2. The molecule has 0 N–H and O–H groups in total. The van der Waals surface area contributed by atoms with Crippen molar-refractivity contribution in [2.75, 3.05) is 0 Å². The molecule has 0 spiro atoms. The quantitative estimate of drug-likeness (QED) is 0.852. The lowest BCUT2D eigenvalue weighted by Crippen LogP contribution is -2.23. The molecule has 0 amide bonds. The normalized spacial score (nSPS) is 13.6. The molecule has 4 nitrogen and oxygen atoms in total. The third-order valence-electron chi connectivity index (χ3n) is 4.20. The third-order valence-corrected chi connectivity index (χ3v) is 4.20. The van der Waals surface area contributed by atoms with Gasteiger partial charge in [0, 0.05) is 34.4 Å². The topological polar surface area (TPSA) is 70.8 Å². The zero-order valence-electron chi connectivity index (χ0n) is 13.7. The van der Waals surface area contributed by atoms with Crippen LogP contribution >= 0.6 is 0 Å². The number of carbonyl (C=O) groups excluding carboxylic acids is 2. The molecule has 3 rings (SSSR count). The Morgan fingerprint density at radius 1 is 1.04 bits per heavy atom. The Morgan fingerprint density at radius 2 is 1.68 bits per heavy atom. The Bertz CT molecular complexity index is 954. The summed E-state index contributed by atoms with van der Waals surface area (Å²) in [5, 5.41) is 8.92. The summed E-state index contributed by atoms with van der Waals surface area (Å²) < 4.78 is 13.5. The van der Waals surface area contributed by atoms with E-state index in [9.17, 15) is 14.0 Å². The molecule has 124 valence electrons. The first kappa shape index (κ1) is 16.7. The number of rotatable bonds is 4. The third kappa shape index (κ3) is 2.99. The molecule has 0 unspecified atom stereocenters. The molecule has 0 aliphatic heterocycles. The van der Waals surface area contributed by atoms with Crippen LogP contribution in [0, 0.1) is 17.1 Å². The van der Waals surface area contributed by atoms with Crippen molar-refractivity contribution in [2.45, 2.75) is 26.2 Å². The summed E-state index contributed by atoms with van der Waals surface area (Å²) in [4.78, 5) is 29.6. The lowest BCUT2D eigenvalue weighted by atomic mass is 9.80. The zero-order valence-corrected chi connectivity index (χ0v) is 13.7. The van der Waals surface area contributed by atoms with E-state index in [-0.39, 0.29) is 23.7 Å². The number of allylic oxidation sites excluding steroid dienone is 2. The molecule has 1 heterocycles. The van der Waals surface area contributed by atoms with Gasteiger partial charge in [-0.3, -0.25) is 9.59 Å². The van der Waals surface area contributed by atoms with E-state index >= 15 is 0 Å². The molecule has 2 aromatic rings. The number of pyridine rings is 1. The molecule has 1 aromatic heterocycles. The van der Waals surface area contributed by atoms with Crippen LogP contribution in [0.4, 0.5) is 4.39 Å². The standard InChI is InChI=1S/C20H15FN2O2/c1-2-5-13-16(10-12-8-9-17(21)18(11-22)23-12)20(25)15-7-4-3-6-14(15)19(13)24/h3-4,6-9H,2,5,10H2,1H3. The Labute approximate surface area is 144 Å². The lowest BCUT2D eigenvalue weighted by molar-refractivity contribution is 0.0969. The Kier molecular flexibility index (Phi) is 4.53. The van der Waals surface area contributed by atoms with Crippen LogP contribution in [0.25, 0.3) is 0 Å². The van der Waals surface area contributed by atoms with Gasteiger partial charge in [0.25, 0.3) is 0 Å². The fourth-order valence-electron chi connectivity index (χ4n) is 3.02. The summed E-state index contributed by atoms with van der Waals surface area (Å²) in [5.41, 5.74) is 1.74. The van der Waals surface area contributed by atoms with E-state index in [0.717, 1.165) is 12.5 Å². The van der Waals surface area contributed by atoms with Crippen molar-refractivity contribution in [3.8, 4) is 6.07 Å². The van der Waals surface area contributed by atoms with Crippen molar-refractivity contribution in [2.24, 2.45) is 0 Å². The van der Waals surface area contributed by atoms with E-state index in [2.05, 4.69) is 4.98 Å². The first-order chi connectivity index (χ1) is 12.1. The molecular weight excluding hydrogens is 319 g/mol. The van der Waals surface area contributed by atoms with Crippen molar-refractivity contribution in [1.82, 2.24) is 4.98 Å². The largest absolute Gasteiger partial charge is 0.289 e. The first-order valence-electron chi connectivity index (χ1n) is 8.02. The number of carbonyl (C=O) groups is 2. The fraction of sp³-hybridized carbons (Fsp3) is 0.200. The second-order valence-corrected chi connectivity index (χ2v) is 5.83. The summed E-state index contributed by atoms with van der Waals surface area (Å²) in [5.74, 6) is -1.05. The number of nitriles is 1. The summed E-state index contributed by atoms with van der Waals surface area (Å²) in [7, 11) is 0. The van der Waals surface area contributed by atoms with Gasteiger partial charge in [-0.15, -0.1) is 0 Å². The molecule has 0 radical (unpaired) electrons. The van der Waals surface area contributed by atoms with E-state index in [4.69, 9.17) is 5.26 Å². The van der Waals surface area contributed by atoms with Gasteiger partial charge in [0.05, 0.1) is 0 Å².